The summed E-state index contributed by atoms with van der Waals surface area (Å²) >= 11 is 0. The van der Waals surface area contributed by atoms with Crippen LogP contribution < -0.4 is 14.2 Å². The van der Waals surface area contributed by atoms with Crippen LogP contribution in [0, 0.1) is 0 Å². The van der Waals surface area contributed by atoms with Gasteiger partial charge in [0.15, 0.2) is 0 Å². The van der Waals surface area contributed by atoms with Crippen LogP contribution in [0.2, 0.25) is 0 Å². The van der Waals surface area contributed by atoms with Gasteiger partial charge in [-0.2, -0.15) is 0 Å². The van der Waals surface area contributed by atoms with Gasteiger partial charge in [0.05, 0.1) is 7.11 Å². The van der Waals surface area contributed by atoms with Gasteiger partial charge in [0.1, 0.15) is 30.5 Å². The van der Waals surface area contributed by atoms with E-state index in [2.05, 4.69) is 18.7 Å². The van der Waals surface area contributed by atoms with Crippen molar-refractivity contribution in [2.24, 2.45) is 0 Å². The van der Waals surface area contributed by atoms with Crippen LogP contribution in [0.25, 0.3) is 11.1 Å². The Morgan fingerprint density at radius 2 is 1.19 bits per heavy atom. The molecule has 3 aromatic carbocycles. The maximum atomic E-state index is 5.85. The maximum absolute atomic E-state index is 5.85. The number of rotatable bonds is 8. The standard InChI is InChI=1S/C23H22O3/c1-3-16-25-22-12-6-19(7-13-22)20-8-14-23(15-9-20)26-17-18-4-10-21(24-2)11-5-18/h3-15H,1,16-17H2,2H3. The molecule has 0 spiro atoms. The van der Waals surface area contributed by atoms with Gasteiger partial charge >= 0.3 is 0 Å². The van der Waals surface area contributed by atoms with Crippen molar-refractivity contribution in [2.75, 3.05) is 13.7 Å². The van der Waals surface area contributed by atoms with Gasteiger partial charge in [0.25, 0.3) is 0 Å². The minimum Gasteiger partial charge on any atom is -0.497 e. The second-order valence-electron chi connectivity index (χ2n) is 5.79. The van der Waals surface area contributed by atoms with Gasteiger partial charge in [0, 0.05) is 0 Å². The second kappa shape index (κ2) is 8.77. The monoisotopic (exact) mass is 346 g/mol. The van der Waals surface area contributed by atoms with Gasteiger partial charge in [-0.3, -0.25) is 0 Å². The quantitative estimate of drug-likeness (QED) is 0.504. The third-order valence-corrected chi connectivity index (χ3v) is 3.97. The SMILES string of the molecule is C=CCOc1ccc(-c2ccc(OCc3ccc(OC)cc3)cc2)cc1. The molecule has 0 atom stereocenters. The average molecular weight is 346 g/mol. The Balaban J connectivity index is 1.59. The summed E-state index contributed by atoms with van der Waals surface area (Å²) in [6.07, 6.45) is 1.73. The highest BCUT2D eigenvalue weighted by Gasteiger charge is 2.01. The molecule has 0 heterocycles. The van der Waals surface area contributed by atoms with E-state index in [1.54, 1.807) is 13.2 Å². The van der Waals surface area contributed by atoms with Crippen molar-refractivity contribution in [3.8, 4) is 28.4 Å². The lowest BCUT2D eigenvalue weighted by atomic mass is 10.1. The first-order valence-corrected chi connectivity index (χ1v) is 8.48. The highest BCUT2D eigenvalue weighted by atomic mass is 16.5. The average Bonchev–Trinajstić information content (AvgIpc) is 2.72. The van der Waals surface area contributed by atoms with E-state index in [0.717, 1.165) is 33.9 Å². The largest absolute Gasteiger partial charge is 0.497 e. The van der Waals surface area contributed by atoms with Crippen molar-refractivity contribution in [3.05, 3.63) is 91.0 Å². The fourth-order valence-corrected chi connectivity index (χ4v) is 2.53. The number of benzene rings is 3. The Bertz CT molecular complexity index is 819. The van der Waals surface area contributed by atoms with Gasteiger partial charge in [-0.25, -0.2) is 0 Å². The van der Waals surface area contributed by atoms with Gasteiger partial charge in [0.2, 0.25) is 0 Å². The lowest BCUT2D eigenvalue weighted by Crippen LogP contribution is -1.95. The molecule has 3 rings (SSSR count). The summed E-state index contributed by atoms with van der Waals surface area (Å²) in [5.41, 5.74) is 3.37. The molecule has 0 aliphatic heterocycles. The minimum absolute atomic E-state index is 0.513. The molecule has 0 unspecified atom stereocenters. The lowest BCUT2D eigenvalue weighted by molar-refractivity contribution is 0.306. The van der Waals surface area contributed by atoms with Crippen LogP contribution in [0.3, 0.4) is 0 Å². The Kier molecular flexibility index (Phi) is 5.94. The molecule has 0 saturated heterocycles. The zero-order valence-corrected chi connectivity index (χ0v) is 14.9. The zero-order valence-electron chi connectivity index (χ0n) is 14.9. The third kappa shape index (κ3) is 4.67. The van der Waals surface area contributed by atoms with Crippen molar-refractivity contribution >= 4 is 0 Å². The summed E-state index contributed by atoms with van der Waals surface area (Å²) in [6, 6.07) is 24.0. The normalized spacial score (nSPS) is 10.2. The van der Waals surface area contributed by atoms with Gasteiger partial charge in [-0.1, -0.05) is 49.1 Å². The van der Waals surface area contributed by atoms with Crippen LogP contribution in [0.1, 0.15) is 5.56 Å². The summed E-state index contributed by atoms with van der Waals surface area (Å²) in [4.78, 5) is 0. The molecule has 0 fully saturated rings. The maximum Gasteiger partial charge on any atom is 0.119 e. The summed E-state index contributed by atoms with van der Waals surface area (Å²) in [5.74, 6) is 2.53. The van der Waals surface area contributed by atoms with Crippen LogP contribution >= 0.6 is 0 Å². The molecule has 0 N–H and O–H groups in total. The molecular formula is C23H22O3. The number of methoxy groups -OCH3 is 1. The first-order valence-electron chi connectivity index (χ1n) is 8.48. The van der Waals surface area contributed by atoms with Crippen molar-refractivity contribution in [1.29, 1.82) is 0 Å². The van der Waals surface area contributed by atoms with Gasteiger partial charge in [-0.05, 0) is 53.1 Å². The van der Waals surface area contributed by atoms with Crippen molar-refractivity contribution < 1.29 is 14.2 Å². The molecule has 0 bridgehead atoms. The van der Waals surface area contributed by atoms with E-state index in [1.807, 2.05) is 60.7 Å². The molecule has 0 amide bonds. The molecule has 0 aromatic heterocycles. The first kappa shape index (κ1) is 17.6. The molecule has 0 saturated carbocycles. The Hall–Kier alpha value is -3.20. The topological polar surface area (TPSA) is 27.7 Å². The van der Waals surface area contributed by atoms with E-state index in [4.69, 9.17) is 14.2 Å². The number of hydrogen-bond donors (Lipinski definition) is 0. The molecule has 0 radical (unpaired) electrons. The van der Waals surface area contributed by atoms with Gasteiger partial charge in [-0.15, -0.1) is 0 Å². The summed E-state index contributed by atoms with van der Waals surface area (Å²) < 4.78 is 16.5. The molecule has 0 aliphatic rings. The first-order chi connectivity index (χ1) is 12.8. The molecule has 26 heavy (non-hydrogen) atoms. The van der Waals surface area contributed by atoms with Crippen LogP contribution in [0.4, 0.5) is 0 Å². The fourth-order valence-electron chi connectivity index (χ4n) is 2.53. The van der Waals surface area contributed by atoms with Crippen LogP contribution in [-0.2, 0) is 6.61 Å². The van der Waals surface area contributed by atoms with E-state index in [1.165, 1.54) is 0 Å². The zero-order chi connectivity index (χ0) is 18.2. The van der Waals surface area contributed by atoms with Crippen molar-refractivity contribution in [1.82, 2.24) is 0 Å². The van der Waals surface area contributed by atoms with Crippen LogP contribution in [0.15, 0.2) is 85.5 Å². The van der Waals surface area contributed by atoms with Crippen LogP contribution in [0.5, 0.6) is 17.2 Å². The molecule has 0 aliphatic carbocycles. The highest BCUT2D eigenvalue weighted by molar-refractivity contribution is 5.64. The predicted molar refractivity (Wildman–Crippen MR) is 105 cm³/mol. The Morgan fingerprint density at radius 1 is 0.692 bits per heavy atom. The third-order valence-electron chi connectivity index (χ3n) is 3.97. The summed E-state index contributed by atoms with van der Waals surface area (Å²) in [6.45, 7) is 4.69. The number of hydrogen-bond acceptors (Lipinski definition) is 3. The summed E-state index contributed by atoms with van der Waals surface area (Å²) in [5, 5.41) is 0. The molecule has 3 nitrogen and oxygen atoms in total. The van der Waals surface area contributed by atoms with Crippen LogP contribution in [-0.4, -0.2) is 13.7 Å². The second-order valence-corrected chi connectivity index (χ2v) is 5.79. The van der Waals surface area contributed by atoms with E-state index in [9.17, 15) is 0 Å². The Morgan fingerprint density at radius 3 is 1.69 bits per heavy atom. The number of ether oxygens (including phenoxy) is 3. The van der Waals surface area contributed by atoms with Crippen molar-refractivity contribution in [2.45, 2.75) is 6.61 Å². The summed E-state index contributed by atoms with van der Waals surface area (Å²) in [7, 11) is 1.66. The van der Waals surface area contributed by atoms with E-state index >= 15 is 0 Å². The lowest BCUT2D eigenvalue weighted by Gasteiger charge is -2.09. The molecule has 132 valence electrons. The molecule has 3 aromatic rings. The van der Waals surface area contributed by atoms with E-state index in [-0.39, 0.29) is 0 Å². The van der Waals surface area contributed by atoms with E-state index in [0.29, 0.717) is 13.2 Å². The molecular weight excluding hydrogens is 324 g/mol. The van der Waals surface area contributed by atoms with E-state index < -0.39 is 0 Å². The minimum atomic E-state index is 0.513. The highest BCUT2D eigenvalue weighted by Crippen LogP contribution is 2.25. The smallest absolute Gasteiger partial charge is 0.119 e. The Labute approximate surface area is 154 Å². The predicted octanol–water partition coefficient (Wildman–Crippen LogP) is 5.51. The fraction of sp³-hybridized carbons (Fsp3) is 0.130. The van der Waals surface area contributed by atoms with Crippen molar-refractivity contribution in [3.63, 3.8) is 0 Å². The van der Waals surface area contributed by atoms with Gasteiger partial charge < -0.3 is 14.2 Å². The molecule has 3 heteroatoms.